The fourth-order valence-electron chi connectivity index (χ4n) is 6.62. The maximum atomic E-state index is 9.85. The van der Waals surface area contributed by atoms with Crippen molar-refractivity contribution in [3.8, 4) is 28.2 Å². The Labute approximate surface area is 335 Å². The molecule has 0 spiro atoms. The van der Waals surface area contributed by atoms with Crippen LogP contribution in [0.4, 0.5) is 0 Å². The molecule has 3 heterocycles. The molecule has 0 bridgehead atoms. The summed E-state index contributed by atoms with van der Waals surface area (Å²) in [4.78, 5) is 0. The third-order valence-corrected chi connectivity index (χ3v) is 8.60. The Balaban J connectivity index is 1.48. The van der Waals surface area contributed by atoms with E-state index in [1.54, 1.807) is 0 Å². The second-order valence-electron chi connectivity index (χ2n) is 11.2. The smallest absolute Gasteiger partial charge is 0.0782 e. The molecule has 0 N–H and O–H groups in total. The lowest BCUT2D eigenvalue weighted by molar-refractivity contribution is 1.14. The first-order valence-electron chi connectivity index (χ1n) is 29.7. The van der Waals surface area contributed by atoms with Crippen molar-refractivity contribution in [1.82, 2.24) is 13.7 Å². The van der Waals surface area contributed by atoms with E-state index in [-0.39, 0.29) is 0 Å². The summed E-state index contributed by atoms with van der Waals surface area (Å²) in [7, 11) is 0. The highest BCUT2D eigenvalue weighted by atomic mass is 15.1. The van der Waals surface area contributed by atoms with E-state index in [4.69, 9.17) is 23.3 Å². The van der Waals surface area contributed by atoms with Gasteiger partial charge in [0, 0.05) is 38.0 Å². The van der Waals surface area contributed by atoms with Crippen LogP contribution in [-0.4, -0.2) is 13.7 Å². The van der Waals surface area contributed by atoms with Crippen LogP contribution in [0.15, 0.2) is 187 Å². The van der Waals surface area contributed by atoms with Gasteiger partial charge in [0.25, 0.3) is 0 Å². The summed E-state index contributed by atoms with van der Waals surface area (Å²) in [6.45, 7) is 0. The minimum Gasteiger partial charge on any atom is -0.309 e. The third kappa shape index (κ3) is 4.00. The summed E-state index contributed by atoms with van der Waals surface area (Å²) in [6.07, 6.45) is 0. The van der Waals surface area contributed by atoms with Crippen LogP contribution in [0.5, 0.6) is 0 Å². The van der Waals surface area contributed by atoms with E-state index < -0.39 is 269 Å². The molecule has 11 aromatic rings. The fraction of sp³-hybridized carbons (Fsp3) is 0. The highest BCUT2D eigenvalue weighted by molar-refractivity contribution is 6.18. The van der Waals surface area contributed by atoms with Crippen molar-refractivity contribution >= 4 is 65.4 Å². The Morgan fingerprint density at radius 1 is 0.333 bits per heavy atom. The van der Waals surface area contributed by atoms with Gasteiger partial charge in [-0.25, -0.2) is 0 Å². The lowest BCUT2D eigenvalue weighted by Crippen LogP contribution is -2.01. The Hall–Kier alpha value is -6.84. The molecule has 0 aliphatic heterocycles. The minimum absolute atomic E-state index is 0.438. The maximum absolute atomic E-state index is 9.85. The number of para-hydroxylation sites is 5. The second kappa shape index (κ2) is 10.8. The summed E-state index contributed by atoms with van der Waals surface area (Å²) in [5, 5.41) is -3.30. The zero-order valence-corrected chi connectivity index (χ0v) is 25.5. The quantitative estimate of drug-likeness (QED) is 0.176. The molecule has 3 aromatic heterocycles. The molecule has 0 radical (unpaired) electrons. The first kappa shape index (κ1) is 11.9. The monoisotopic (exact) mass is 678 g/mol. The zero-order valence-electron chi connectivity index (χ0n) is 54.5. The average Bonchev–Trinajstić information content (AvgIpc) is 4.23. The number of rotatable bonds is 4. The first-order valence-corrected chi connectivity index (χ1v) is 15.2. The number of hydrogen-bond donors (Lipinski definition) is 0. The first-order chi connectivity index (χ1) is 37.4. The molecule has 0 atom stereocenters. The number of nitrogens with zero attached hydrogens (tertiary/aromatic N) is 3. The zero-order chi connectivity index (χ0) is 58.7. The van der Waals surface area contributed by atoms with Gasteiger partial charge in [-0.15, -0.1) is 0 Å². The molecule has 8 aromatic carbocycles. The Bertz CT molecular complexity index is 4710. The molecule has 3 nitrogen and oxygen atoms in total. The van der Waals surface area contributed by atoms with E-state index in [9.17, 15) is 16.4 Å². The largest absolute Gasteiger partial charge is 0.309 e. The molecular formula is C48H31N3. The van der Waals surface area contributed by atoms with Crippen LogP contribution in [0, 0.1) is 0 Å². The van der Waals surface area contributed by atoms with Crippen LogP contribution in [-0.2, 0) is 0 Å². The molecule has 238 valence electrons. The van der Waals surface area contributed by atoms with Gasteiger partial charge in [0.05, 0.1) is 84.2 Å². The van der Waals surface area contributed by atoms with Crippen molar-refractivity contribution in [1.29, 1.82) is 0 Å². The van der Waals surface area contributed by atoms with E-state index in [0.29, 0.717) is 0 Å². The van der Waals surface area contributed by atoms with Gasteiger partial charge in [0.15, 0.2) is 0 Å². The van der Waals surface area contributed by atoms with E-state index >= 15 is 0 Å². The number of hydrogen-bond acceptors (Lipinski definition) is 0. The van der Waals surface area contributed by atoms with Gasteiger partial charge in [-0.2, -0.15) is 0 Å². The van der Waals surface area contributed by atoms with Gasteiger partial charge in [-0.1, -0.05) is 133 Å². The molecule has 3 heteroatoms. The molecule has 0 amide bonds. The van der Waals surface area contributed by atoms with Crippen LogP contribution in [0.25, 0.3) is 93.6 Å². The van der Waals surface area contributed by atoms with E-state index in [1.807, 2.05) is 0 Å². The van der Waals surface area contributed by atoms with Crippen molar-refractivity contribution in [2.24, 2.45) is 0 Å². The van der Waals surface area contributed by atoms with Gasteiger partial charge in [-0.3, -0.25) is 0 Å². The van der Waals surface area contributed by atoms with Crippen molar-refractivity contribution in [3.63, 3.8) is 0 Å². The summed E-state index contributed by atoms with van der Waals surface area (Å²) in [5.74, 6) is 0. The van der Waals surface area contributed by atoms with Gasteiger partial charge in [0.1, 0.15) is 0 Å². The molecular weight excluding hydrogens is 619 g/mol. The van der Waals surface area contributed by atoms with Gasteiger partial charge >= 0.3 is 0 Å². The Morgan fingerprint density at radius 2 is 0.843 bits per heavy atom. The number of benzene rings is 8. The Morgan fingerprint density at radius 3 is 1.55 bits per heavy atom. The summed E-state index contributed by atoms with van der Waals surface area (Å²) >= 11 is 0. The predicted octanol–water partition coefficient (Wildman–Crippen LogP) is 12.6. The summed E-state index contributed by atoms with van der Waals surface area (Å²) < 4.78 is 266. The van der Waals surface area contributed by atoms with Crippen LogP contribution < -0.4 is 0 Å². The fourth-order valence-corrected chi connectivity index (χ4v) is 6.62. The highest BCUT2D eigenvalue weighted by Crippen LogP contribution is 2.43. The molecule has 0 aliphatic carbocycles. The molecule has 51 heavy (non-hydrogen) atoms. The van der Waals surface area contributed by atoms with Crippen molar-refractivity contribution in [3.05, 3.63) is 187 Å². The molecule has 0 aliphatic rings. The van der Waals surface area contributed by atoms with E-state index in [0.717, 1.165) is 25.8 Å². The van der Waals surface area contributed by atoms with Crippen molar-refractivity contribution in [2.45, 2.75) is 0 Å². The van der Waals surface area contributed by atoms with Crippen molar-refractivity contribution < 1.29 is 39.8 Å². The van der Waals surface area contributed by atoms with Crippen molar-refractivity contribution in [2.75, 3.05) is 0 Å². The molecule has 0 saturated heterocycles. The number of aromatic nitrogens is 3. The van der Waals surface area contributed by atoms with Crippen LogP contribution in [0.2, 0.25) is 0 Å². The molecule has 0 saturated carbocycles. The standard InChI is InChI=1S/C48H31N3/c1-2-15-32(16-3-1)33-17-12-18-34(31-33)49-43-27-11-7-22-39(43)47-44(49)28-14-29-45(47)51-42-26-10-6-21-37(42)38-23-13-30-46(48(38)51)50-40-24-8-4-19-35(40)36-20-5-9-25-41(36)50/h1-31H/i1D,2D,3D,4D,5D,6D,7D,8D,9D,10D,11D,12D,13D,14D,15D,16D,17D,19D,20D,21D,22D,23D,24D,25D,26D,27D,29D,30D,31D. The average molecular weight is 679 g/mol. The van der Waals surface area contributed by atoms with Gasteiger partial charge in [-0.05, 0) is 65.6 Å². The SMILES string of the molecule is [2H]c1cc(-n2c3cc([2H])c([2H])c(-n4c5c([2H])c([2H])c([2H])c([2H])c5c5c([2H])c([2H])c([2H])c(-n6c7c([2H])c([2H])c([2H])c([2H])c7c7c([2H])c([2H])c([2H])c([2H])c76)c54)c3c3c([2H])c([2H])c([2H])c([2H])c32)c([2H])c(-c2c([2H])c([2H])c([2H])c([2H])c2[2H])c1[2H]. The topological polar surface area (TPSA) is 14.8 Å². The van der Waals surface area contributed by atoms with Crippen LogP contribution in [0.1, 0.15) is 39.8 Å². The number of fused-ring (bicyclic) bond motifs is 9. The van der Waals surface area contributed by atoms with Crippen LogP contribution >= 0.6 is 0 Å². The summed E-state index contributed by atoms with van der Waals surface area (Å²) in [5.41, 5.74) is -7.07. The van der Waals surface area contributed by atoms with Gasteiger partial charge in [0.2, 0.25) is 0 Å². The molecule has 0 fully saturated rings. The second-order valence-corrected chi connectivity index (χ2v) is 11.2. The lowest BCUT2D eigenvalue weighted by Gasteiger charge is -2.15. The molecule has 0 unspecified atom stereocenters. The maximum Gasteiger partial charge on any atom is 0.0782 e. The predicted molar refractivity (Wildman–Crippen MR) is 215 cm³/mol. The Kier molecular flexibility index (Phi) is 2.53. The third-order valence-electron chi connectivity index (χ3n) is 8.60. The highest BCUT2D eigenvalue weighted by Gasteiger charge is 2.23. The normalized spacial score (nSPS) is 19.9. The lowest BCUT2D eigenvalue weighted by atomic mass is 10.1. The minimum atomic E-state index is -1.02. The van der Waals surface area contributed by atoms with Gasteiger partial charge < -0.3 is 13.7 Å². The molecule has 11 rings (SSSR count). The summed E-state index contributed by atoms with van der Waals surface area (Å²) in [6, 6.07) is -23.8. The van der Waals surface area contributed by atoms with E-state index in [2.05, 4.69) is 0 Å². The van der Waals surface area contributed by atoms with Crippen LogP contribution in [0.3, 0.4) is 0 Å². The van der Waals surface area contributed by atoms with E-state index in [1.165, 1.54) is 0 Å².